The quantitative estimate of drug-likeness (QED) is 0.906. The van der Waals surface area contributed by atoms with E-state index in [9.17, 15) is 4.79 Å². The van der Waals surface area contributed by atoms with E-state index in [1.165, 1.54) is 0 Å². The van der Waals surface area contributed by atoms with Gasteiger partial charge in [-0.25, -0.2) is 0 Å². The van der Waals surface area contributed by atoms with Crippen LogP contribution in [-0.4, -0.2) is 29.9 Å². The van der Waals surface area contributed by atoms with Crippen molar-refractivity contribution in [3.05, 3.63) is 65.7 Å². The molecule has 1 aliphatic carbocycles. The van der Waals surface area contributed by atoms with Crippen molar-refractivity contribution in [1.82, 2.24) is 4.90 Å². The number of amides is 1. The van der Waals surface area contributed by atoms with Crippen molar-refractivity contribution >= 4 is 5.91 Å². The highest BCUT2D eigenvalue weighted by molar-refractivity contribution is 5.97. The van der Waals surface area contributed by atoms with E-state index in [0.717, 1.165) is 31.2 Å². The number of ether oxygens (including phenoxy) is 1. The summed E-state index contributed by atoms with van der Waals surface area (Å²) in [6.45, 7) is 0.448. The van der Waals surface area contributed by atoms with Crippen molar-refractivity contribution in [2.75, 3.05) is 7.05 Å². The van der Waals surface area contributed by atoms with Crippen molar-refractivity contribution in [3.63, 3.8) is 0 Å². The zero-order chi connectivity index (χ0) is 17.6. The van der Waals surface area contributed by atoms with Crippen LogP contribution in [0.1, 0.15) is 41.6 Å². The van der Waals surface area contributed by atoms with Gasteiger partial charge in [0.1, 0.15) is 12.4 Å². The van der Waals surface area contributed by atoms with E-state index in [0.29, 0.717) is 17.9 Å². The fourth-order valence-electron chi connectivity index (χ4n) is 3.41. The summed E-state index contributed by atoms with van der Waals surface area (Å²) in [5.74, 6) is 0.631. The van der Waals surface area contributed by atoms with Crippen LogP contribution in [0.5, 0.6) is 5.75 Å². The van der Waals surface area contributed by atoms with Crippen LogP contribution in [0.25, 0.3) is 0 Å². The Balaban J connectivity index is 1.72. The van der Waals surface area contributed by atoms with Gasteiger partial charge < -0.3 is 15.4 Å². The van der Waals surface area contributed by atoms with Crippen LogP contribution in [0.2, 0.25) is 0 Å². The number of carbonyl (C=O) groups excluding carboxylic acids is 1. The van der Waals surface area contributed by atoms with Gasteiger partial charge in [0.05, 0.1) is 5.56 Å². The zero-order valence-electron chi connectivity index (χ0n) is 14.7. The summed E-state index contributed by atoms with van der Waals surface area (Å²) in [6, 6.07) is 17.8. The molecule has 3 rings (SSSR count). The molecular formula is C21H26N2O2. The van der Waals surface area contributed by atoms with Crippen LogP contribution >= 0.6 is 0 Å². The van der Waals surface area contributed by atoms with Crippen LogP contribution in [0, 0.1) is 0 Å². The zero-order valence-corrected chi connectivity index (χ0v) is 14.7. The van der Waals surface area contributed by atoms with E-state index in [2.05, 4.69) is 0 Å². The highest BCUT2D eigenvalue weighted by Crippen LogP contribution is 2.26. The normalized spacial score (nSPS) is 20.1. The van der Waals surface area contributed by atoms with E-state index in [4.69, 9.17) is 10.5 Å². The Bertz CT molecular complexity index is 702. The lowest BCUT2D eigenvalue weighted by molar-refractivity contribution is 0.0683. The molecule has 0 spiro atoms. The molecule has 0 aliphatic heterocycles. The van der Waals surface area contributed by atoms with Crippen LogP contribution < -0.4 is 10.5 Å². The number of hydrogen-bond donors (Lipinski definition) is 1. The summed E-state index contributed by atoms with van der Waals surface area (Å²) in [4.78, 5) is 14.8. The minimum absolute atomic E-state index is 0.00256. The van der Waals surface area contributed by atoms with Gasteiger partial charge in [0.2, 0.25) is 0 Å². The fourth-order valence-corrected chi connectivity index (χ4v) is 3.41. The number of nitrogens with zero attached hydrogens (tertiary/aromatic N) is 1. The first-order valence-corrected chi connectivity index (χ1v) is 8.93. The molecule has 2 aromatic rings. The highest BCUT2D eigenvalue weighted by Gasteiger charge is 2.27. The Hall–Kier alpha value is -2.33. The molecule has 25 heavy (non-hydrogen) atoms. The maximum Gasteiger partial charge on any atom is 0.257 e. The average Bonchev–Trinajstić information content (AvgIpc) is 2.66. The lowest BCUT2D eigenvalue weighted by Crippen LogP contribution is -2.43. The third-order valence-electron chi connectivity index (χ3n) is 4.91. The number of para-hydroxylation sites is 1. The third-order valence-corrected chi connectivity index (χ3v) is 4.91. The van der Waals surface area contributed by atoms with Crippen LogP contribution in [0.4, 0.5) is 0 Å². The lowest BCUT2D eigenvalue weighted by Gasteiger charge is -2.34. The van der Waals surface area contributed by atoms with Gasteiger partial charge in [-0.3, -0.25) is 4.79 Å². The number of benzene rings is 2. The molecule has 132 valence electrons. The molecule has 0 bridgehead atoms. The van der Waals surface area contributed by atoms with Gasteiger partial charge in [-0.2, -0.15) is 0 Å². The third kappa shape index (κ3) is 4.40. The molecule has 1 aliphatic rings. The van der Waals surface area contributed by atoms with Crippen LogP contribution in [0.3, 0.4) is 0 Å². The predicted octanol–water partition coefficient (Wildman–Crippen LogP) is 3.61. The summed E-state index contributed by atoms with van der Waals surface area (Å²) in [7, 11) is 1.87. The Morgan fingerprint density at radius 1 is 1.12 bits per heavy atom. The molecule has 4 heteroatoms. The molecule has 0 unspecified atom stereocenters. The van der Waals surface area contributed by atoms with E-state index in [1.54, 1.807) is 0 Å². The number of carbonyl (C=O) groups is 1. The Morgan fingerprint density at radius 3 is 2.60 bits per heavy atom. The summed E-state index contributed by atoms with van der Waals surface area (Å²) in [5.41, 5.74) is 7.77. The van der Waals surface area contributed by atoms with Gasteiger partial charge in [-0.1, -0.05) is 42.5 Å². The summed E-state index contributed by atoms with van der Waals surface area (Å²) in [6.07, 6.45) is 4.02. The topological polar surface area (TPSA) is 55.6 Å². The molecule has 0 aromatic heterocycles. The minimum atomic E-state index is 0.00256. The second-order valence-corrected chi connectivity index (χ2v) is 6.77. The van der Waals surface area contributed by atoms with Crippen LogP contribution in [-0.2, 0) is 6.61 Å². The monoisotopic (exact) mass is 338 g/mol. The van der Waals surface area contributed by atoms with Gasteiger partial charge in [-0.05, 0) is 43.4 Å². The molecule has 0 heterocycles. The maximum absolute atomic E-state index is 13.0. The van der Waals surface area contributed by atoms with Crippen molar-refractivity contribution < 1.29 is 9.53 Å². The standard InChI is InChI=1S/C21H26N2O2/c1-23(18-11-7-10-17(22)14-18)21(24)19-12-5-6-13-20(19)25-15-16-8-3-2-4-9-16/h2-6,8-9,12-13,17-18H,7,10-11,14-15,22H2,1H3/t17-,18+/m0/s1. The molecule has 2 N–H and O–H groups in total. The first kappa shape index (κ1) is 17.5. The molecule has 2 aromatic carbocycles. The van der Waals surface area contributed by atoms with Gasteiger partial charge in [0.25, 0.3) is 5.91 Å². The molecule has 2 atom stereocenters. The van der Waals surface area contributed by atoms with E-state index in [1.807, 2.05) is 66.5 Å². The van der Waals surface area contributed by atoms with E-state index in [-0.39, 0.29) is 18.0 Å². The Morgan fingerprint density at radius 2 is 1.84 bits per heavy atom. The minimum Gasteiger partial charge on any atom is -0.488 e. The molecule has 0 radical (unpaired) electrons. The van der Waals surface area contributed by atoms with Crippen molar-refractivity contribution in [1.29, 1.82) is 0 Å². The second kappa shape index (κ2) is 8.17. The molecule has 4 nitrogen and oxygen atoms in total. The number of hydrogen-bond acceptors (Lipinski definition) is 3. The van der Waals surface area contributed by atoms with Crippen molar-refractivity contribution in [2.45, 2.75) is 44.4 Å². The molecule has 1 saturated carbocycles. The van der Waals surface area contributed by atoms with Crippen molar-refractivity contribution in [3.8, 4) is 5.75 Å². The molecule has 1 fully saturated rings. The van der Waals surface area contributed by atoms with Gasteiger partial charge in [-0.15, -0.1) is 0 Å². The SMILES string of the molecule is CN(C(=O)c1ccccc1OCc1ccccc1)[C@@H]1CCC[C@H](N)C1. The molecule has 0 saturated heterocycles. The van der Waals surface area contributed by atoms with Gasteiger partial charge in [0, 0.05) is 19.1 Å². The van der Waals surface area contributed by atoms with Crippen LogP contribution in [0.15, 0.2) is 54.6 Å². The summed E-state index contributed by atoms with van der Waals surface area (Å²) < 4.78 is 5.93. The number of rotatable bonds is 5. The highest BCUT2D eigenvalue weighted by atomic mass is 16.5. The summed E-state index contributed by atoms with van der Waals surface area (Å²) >= 11 is 0. The number of nitrogens with two attached hydrogens (primary N) is 1. The van der Waals surface area contributed by atoms with Gasteiger partial charge in [0.15, 0.2) is 0 Å². The largest absolute Gasteiger partial charge is 0.488 e. The fraction of sp³-hybridized carbons (Fsp3) is 0.381. The Kier molecular flexibility index (Phi) is 5.71. The van der Waals surface area contributed by atoms with Gasteiger partial charge >= 0.3 is 0 Å². The molecular weight excluding hydrogens is 312 g/mol. The maximum atomic E-state index is 13.0. The summed E-state index contributed by atoms with van der Waals surface area (Å²) in [5, 5.41) is 0. The predicted molar refractivity (Wildman–Crippen MR) is 99.5 cm³/mol. The average molecular weight is 338 g/mol. The van der Waals surface area contributed by atoms with E-state index >= 15 is 0 Å². The molecule has 1 amide bonds. The lowest BCUT2D eigenvalue weighted by atomic mass is 9.90. The first-order valence-electron chi connectivity index (χ1n) is 8.93. The van der Waals surface area contributed by atoms with Crippen molar-refractivity contribution in [2.24, 2.45) is 5.73 Å². The smallest absolute Gasteiger partial charge is 0.257 e. The Labute approximate surface area is 149 Å². The second-order valence-electron chi connectivity index (χ2n) is 6.77. The first-order chi connectivity index (χ1) is 12.1. The van der Waals surface area contributed by atoms with E-state index < -0.39 is 0 Å².